The minimum Gasteiger partial charge on any atom is -0.462 e. The summed E-state index contributed by atoms with van der Waals surface area (Å²) in [5.41, 5.74) is 0.549. The average Bonchev–Trinajstić information content (AvgIpc) is 2.56. The number of ether oxygens (including phenoxy) is 2. The van der Waals surface area contributed by atoms with E-state index in [9.17, 15) is 14.4 Å². The maximum atomic E-state index is 11.6. The molecule has 122 valence electrons. The Morgan fingerprint density at radius 3 is 2.64 bits per heavy atom. The van der Waals surface area contributed by atoms with Crippen molar-refractivity contribution in [2.45, 2.75) is 58.7 Å². The van der Waals surface area contributed by atoms with Gasteiger partial charge in [-0.05, 0) is 38.0 Å². The van der Waals surface area contributed by atoms with E-state index in [-0.39, 0.29) is 48.0 Å². The standard InChI is InChI=1S/C17H24O5/c1-9-7-15-14(11(3)17(20)22-15)6-5-13(9)16(8-10(2)18)21-12(4)19/h9,13-16H,3,5-8H2,1-2,4H3. The molecule has 0 aromatic rings. The molecule has 2 aliphatic rings. The smallest absolute Gasteiger partial charge is 0.334 e. The first-order valence-electron chi connectivity index (χ1n) is 7.86. The number of hydrogen-bond donors (Lipinski definition) is 0. The second kappa shape index (κ2) is 6.63. The van der Waals surface area contributed by atoms with Gasteiger partial charge in [0.1, 0.15) is 18.0 Å². The van der Waals surface area contributed by atoms with Crippen LogP contribution in [0.25, 0.3) is 0 Å². The van der Waals surface area contributed by atoms with Crippen LogP contribution in [0.5, 0.6) is 0 Å². The first-order valence-corrected chi connectivity index (χ1v) is 7.86. The first kappa shape index (κ1) is 16.7. The molecular weight excluding hydrogens is 284 g/mol. The highest BCUT2D eigenvalue weighted by Crippen LogP contribution is 2.42. The van der Waals surface area contributed by atoms with E-state index in [1.165, 1.54) is 13.8 Å². The molecule has 1 saturated carbocycles. The molecule has 0 amide bonds. The van der Waals surface area contributed by atoms with Gasteiger partial charge < -0.3 is 9.47 Å². The molecule has 1 aliphatic carbocycles. The molecule has 5 nitrogen and oxygen atoms in total. The summed E-state index contributed by atoms with van der Waals surface area (Å²) in [5, 5.41) is 0. The number of ketones is 1. The van der Waals surface area contributed by atoms with Gasteiger partial charge in [0.15, 0.2) is 0 Å². The molecule has 1 aliphatic heterocycles. The summed E-state index contributed by atoms with van der Waals surface area (Å²) in [6.45, 7) is 8.79. The molecule has 1 saturated heterocycles. The van der Waals surface area contributed by atoms with Crippen molar-refractivity contribution in [1.82, 2.24) is 0 Å². The quantitative estimate of drug-likeness (QED) is 0.589. The summed E-state index contributed by atoms with van der Waals surface area (Å²) < 4.78 is 10.8. The Kier molecular flexibility index (Phi) is 5.04. The highest BCUT2D eigenvalue weighted by molar-refractivity contribution is 5.90. The summed E-state index contributed by atoms with van der Waals surface area (Å²) in [6, 6.07) is 0. The molecule has 5 unspecified atom stereocenters. The van der Waals surface area contributed by atoms with Gasteiger partial charge in [0, 0.05) is 24.8 Å². The molecule has 1 heterocycles. The highest BCUT2D eigenvalue weighted by atomic mass is 16.6. The number of rotatable bonds is 4. The van der Waals surface area contributed by atoms with Gasteiger partial charge in [-0.15, -0.1) is 0 Å². The van der Waals surface area contributed by atoms with Crippen LogP contribution in [0.1, 0.15) is 46.5 Å². The topological polar surface area (TPSA) is 69.7 Å². The van der Waals surface area contributed by atoms with Crippen LogP contribution in [0.4, 0.5) is 0 Å². The lowest BCUT2D eigenvalue weighted by Gasteiger charge is -2.30. The van der Waals surface area contributed by atoms with Crippen LogP contribution in [-0.4, -0.2) is 29.9 Å². The molecular formula is C17H24O5. The Hall–Kier alpha value is -1.65. The van der Waals surface area contributed by atoms with Crippen LogP contribution in [0.2, 0.25) is 0 Å². The van der Waals surface area contributed by atoms with Crippen molar-refractivity contribution < 1.29 is 23.9 Å². The lowest BCUT2D eigenvalue weighted by atomic mass is 9.83. The van der Waals surface area contributed by atoms with Crippen LogP contribution >= 0.6 is 0 Å². The van der Waals surface area contributed by atoms with Gasteiger partial charge in [-0.3, -0.25) is 9.59 Å². The maximum Gasteiger partial charge on any atom is 0.334 e. The van der Waals surface area contributed by atoms with Gasteiger partial charge in [-0.1, -0.05) is 13.5 Å². The third-order valence-corrected chi connectivity index (χ3v) is 4.85. The number of carbonyl (C=O) groups excluding carboxylic acids is 3. The number of carbonyl (C=O) groups is 3. The average molecular weight is 308 g/mol. The number of Topliss-reactive ketones (excluding diaryl/α,β-unsaturated/α-hetero) is 1. The summed E-state index contributed by atoms with van der Waals surface area (Å²) >= 11 is 0. The zero-order valence-corrected chi connectivity index (χ0v) is 13.5. The van der Waals surface area contributed by atoms with Crippen LogP contribution in [0.15, 0.2) is 12.2 Å². The van der Waals surface area contributed by atoms with Crippen molar-refractivity contribution in [2.75, 3.05) is 0 Å². The Bertz CT molecular complexity index is 479. The van der Waals surface area contributed by atoms with Crippen molar-refractivity contribution in [3.63, 3.8) is 0 Å². The van der Waals surface area contributed by atoms with Crippen molar-refractivity contribution in [3.8, 4) is 0 Å². The van der Waals surface area contributed by atoms with E-state index in [2.05, 4.69) is 13.5 Å². The zero-order chi connectivity index (χ0) is 16.4. The van der Waals surface area contributed by atoms with Crippen LogP contribution in [-0.2, 0) is 23.9 Å². The van der Waals surface area contributed by atoms with E-state index in [1.807, 2.05) is 0 Å². The fourth-order valence-corrected chi connectivity index (χ4v) is 3.77. The zero-order valence-electron chi connectivity index (χ0n) is 13.5. The molecule has 2 rings (SSSR count). The second-order valence-electron chi connectivity index (χ2n) is 6.58. The molecule has 5 heteroatoms. The number of fused-ring (bicyclic) bond motifs is 1. The Morgan fingerprint density at radius 1 is 1.36 bits per heavy atom. The lowest BCUT2D eigenvalue weighted by molar-refractivity contribution is -0.151. The van der Waals surface area contributed by atoms with Gasteiger partial charge in [0.05, 0.1) is 0 Å². The van der Waals surface area contributed by atoms with E-state index < -0.39 is 6.10 Å². The minimum absolute atomic E-state index is 0.0127. The predicted octanol–water partition coefficient (Wildman–Crippen LogP) is 2.43. The van der Waals surface area contributed by atoms with E-state index in [4.69, 9.17) is 9.47 Å². The largest absolute Gasteiger partial charge is 0.462 e. The minimum atomic E-state index is -0.396. The van der Waals surface area contributed by atoms with E-state index >= 15 is 0 Å². The summed E-state index contributed by atoms with van der Waals surface area (Å²) in [5.74, 6) is -0.282. The Balaban J connectivity index is 2.13. The van der Waals surface area contributed by atoms with Crippen LogP contribution < -0.4 is 0 Å². The summed E-state index contributed by atoms with van der Waals surface area (Å²) in [7, 11) is 0. The SMILES string of the molecule is C=C1C(=O)OC2CC(C)C(C(CC(C)=O)OC(C)=O)CCC12. The number of esters is 2. The Labute approximate surface area is 131 Å². The van der Waals surface area contributed by atoms with Gasteiger partial charge in [0.2, 0.25) is 0 Å². The molecule has 22 heavy (non-hydrogen) atoms. The Morgan fingerprint density at radius 2 is 2.05 bits per heavy atom. The van der Waals surface area contributed by atoms with E-state index in [1.54, 1.807) is 0 Å². The molecule has 5 atom stereocenters. The molecule has 0 spiro atoms. The second-order valence-corrected chi connectivity index (χ2v) is 6.58. The molecule has 2 fully saturated rings. The van der Waals surface area contributed by atoms with Crippen molar-refractivity contribution in [2.24, 2.45) is 17.8 Å². The van der Waals surface area contributed by atoms with Gasteiger partial charge in [-0.25, -0.2) is 4.79 Å². The molecule has 0 N–H and O–H groups in total. The normalized spacial score (nSPS) is 32.7. The van der Waals surface area contributed by atoms with Gasteiger partial charge >= 0.3 is 11.9 Å². The van der Waals surface area contributed by atoms with Crippen molar-refractivity contribution in [3.05, 3.63) is 12.2 Å². The first-order chi connectivity index (χ1) is 10.3. The summed E-state index contributed by atoms with van der Waals surface area (Å²) in [4.78, 5) is 34.5. The third kappa shape index (κ3) is 3.57. The molecule has 0 aromatic carbocycles. The molecule has 0 radical (unpaired) electrons. The third-order valence-electron chi connectivity index (χ3n) is 4.85. The molecule has 0 bridgehead atoms. The monoisotopic (exact) mass is 308 g/mol. The van der Waals surface area contributed by atoms with Crippen molar-refractivity contribution >= 4 is 17.7 Å². The fourth-order valence-electron chi connectivity index (χ4n) is 3.77. The molecule has 0 aromatic heterocycles. The fraction of sp³-hybridized carbons (Fsp3) is 0.706. The van der Waals surface area contributed by atoms with E-state index in [0.29, 0.717) is 5.57 Å². The van der Waals surface area contributed by atoms with Crippen molar-refractivity contribution in [1.29, 1.82) is 0 Å². The van der Waals surface area contributed by atoms with Gasteiger partial charge in [0.25, 0.3) is 0 Å². The van der Waals surface area contributed by atoms with Crippen LogP contribution in [0.3, 0.4) is 0 Å². The summed E-state index contributed by atoms with van der Waals surface area (Å²) in [6.07, 6.45) is 2.01. The van der Waals surface area contributed by atoms with Gasteiger partial charge in [-0.2, -0.15) is 0 Å². The maximum absolute atomic E-state index is 11.6. The predicted molar refractivity (Wildman–Crippen MR) is 79.9 cm³/mol. The highest BCUT2D eigenvalue weighted by Gasteiger charge is 2.44. The lowest BCUT2D eigenvalue weighted by Crippen LogP contribution is -2.32. The van der Waals surface area contributed by atoms with E-state index in [0.717, 1.165) is 19.3 Å². The number of hydrogen-bond acceptors (Lipinski definition) is 5. The van der Waals surface area contributed by atoms with Crippen LogP contribution in [0, 0.1) is 17.8 Å².